The van der Waals surface area contributed by atoms with E-state index in [2.05, 4.69) is 10.3 Å². The third-order valence-corrected chi connectivity index (χ3v) is 3.44. The molecule has 0 fully saturated rings. The first-order chi connectivity index (χ1) is 11.3. The zero-order chi connectivity index (χ0) is 16.1. The van der Waals surface area contributed by atoms with Gasteiger partial charge in [0.25, 0.3) is 5.91 Å². The Bertz CT molecular complexity index is 816. The number of benzene rings is 2. The first-order valence-corrected chi connectivity index (χ1v) is 7.23. The van der Waals surface area contributed by atoms with Gasteiger partial charge in [-0.2, -0.15) is 0 Å². The summed E-state index contributed by atoms with van der Waals surface area (Å²) >= 11 is 0. The minimum absolute atomic E-state index is 0.180. The second kappa shape index (κ2) is 6.75. The lowest BCUT2D eigenvalue weighted by molar-refractivity contribution is 0.102. The van der Waals surface area contributed by atoms with E-state index < -0.39 is 0 Å². The van der Waals surface area contributed by atoms with Gasteiger partial charge in [0.15, 0.2) is 0 Å². The van der Waals surface area contributed by atoms with Crippen molar-refractivity contribution in [2.75, 3.05) is 12.4 Å². The maximum Gasteiger partial charge on any atom is 0.256 e. The summed E-state index contributed by atoms with van der Waals surface area (Å²) in [6, 6.07) is 20.5. The molecule has 2 aromatic carbocycles. The molecule has 1 N–H and O–H groups in total. The van der Waals surface area contributed by atoms with Crippen LogP contribution in [0.4, 0.5) is 5.82 Å². The van der Waals surface area contributed by atoms with Crippen LogP contribution in [0, 0.1) is 0 Å². The number of amides is 1. The van der Waals surface area contributed by atoms with Crippen LogP contribution < -0.4 is 10.1 Å². The van der Waals surface area contributed by atoms with Crippen LogP contribution in [0.25, 0.3) is 11.1 Å². The first kappa shape index (κ1) is 14.8. The van der Waals surface area contributed by atoms with Crippen LogP contribution in [0.3, 0.4) is 0 Å². The number of hydrogen-bond acceptors (Lipinski definition) is 3. The third-order valence-electron chi connectivity index (χ3n) is 3.44. The molecule has 0 atom stereocenters. The zero-order valence-corrected chi connectivity index (χ0v) is 12.7. The summed E-state index contributed by atoms with van der Waals surface area (Å²) in [6.07, 6.45) is 1.68. The molecule has 0 saturated carbocycles. The fourth-order valence-electron chi connectivity index (χ4n) is 2.26. The van der Waals surface area contributed by atoms with Gasteiger partial charge in [0.05, 0.1) is 7.11 Å². The Morgan fingerprint density at radius 3 is 2.52 bits per heavy atom. The Labute approximate surface area is 134 Å². The predicted octanol–water partition coefficient (Wildman–Crippen LogP) is 4.01. The number of anilines is 1. The SMILES string of the molecule is COc1cccc(-c2ccnc(NC(=O)c3ccccc3)c2)c1. The van der Waals surface area contributed by atoms with Gasteiger partial charge in [-0.1, -0.05) is 30.3 Å². The van der Waals surface area contributed by atoms with E-state index in [1.54, 1.807) is 25.4 Å². The van der Waals surface area contributed by atoms with Crippen LogP contribution in [0.15, 0.2) is 72.9 Å². The molecule has 0 saturated heterocycles. The van der Waals surface area contributed by atoms with E-state index in [0.29, 0.717) is 11.4 Å². The zero-order valence-electron chi connectivity index (χ0n) is 12.7. The summed E-state index contributed by atoms with van der Waals surface area (Å²) in [5, 5.41) is 2.82. The second-order valence-electron chi connectivity index (χ2n) is 4.98. The maximum absolute atomic E-state index is 12.2. The molecule has 0 aliphatic heterocycles. The number of hydrogen-bond donors (Lipinski definition) is 1. The lowest BCUT2D eigenvalue weighted by Crippen LogP contribution is -2.12. The molecule has 0 radical (unpaired) electrons. The van der Waals surface area contributed by atoms with Crippen LogP contribution in [0.2, 0.25) is 0 Å². The molecular formula is C19H16N2O2. The number of carbonyl (C=O) groups excluding carboxylic acids is 1. The van der Waals surface area contributed by atoms with Gasteiger partial charge in [-0.25, -0.2) is 4.98 Å². The maximum atomic E-state index is 12.2. The van der Waals surface area contributed by atoms with Gasteiger partial charge in [0.2, 0.25) is 0 Å². The fourth-order valence-corrected chi connectivity index (χ4v) is 2.26. The second-order valence-corrected chi connectivity index (χ2v) is 4.98. The first-order valence-electron chi connectivity index (χ1n) is 7.23. The van der Waals surface area contributed by atoms with E-state index in [-0.39, 0.29) is 5.91 Å². The molecule has 114 valence electrons. The minimum Gasteiger partial charge on any atom is -0.497 e. The number of carbonyl (C=O) groups is 1. The average Bonchev–Trinajstić information content (AvgIpc) is 2.63. The van der Waals surface area contributed by atoms with Crippen LogP contribution in [-0.4, -0.2) is 18.0 Å². The Morgan fingerprint density at radius 1 is 0.957 bits per heavy atom. The number of aromatic nitrogens is 1. The molecule has 4 heteroatoms. The van der Waals surface area contributed by atoms with Crippen molar-refractivity contribution in [1.29, 1.82) is 0 Å². The highest BCUT2D eigenvalue weighted by Gasteiger charge is 2.07. The number of pyridine rings is 1. The van der Waals surface area contributed by atoms with Crippen molar-refractivity contribution in [3.63, 3.8) is 0 Å². The molecule has 0 aliphatic rings. The summed E-state index contributed by atoms with van der Waals surface area (Å²) < 4.78 is 5.24. The Morgan fingerprint density at radius 2 is 1.74 bits per heavy atom. The molecule has 0 unspecified atom stereocenters. The van der Waals surface area contributed by atoms with Gasteiger partial charge >= 0.3 is 0 Å². The predicted molar refractivity (Wildman–Crippen MR) is 90.6 cm³/mol. The van der Waals surface area contributed by atoms with Gasteiger partial charge in [0.1, 0.15) is 11.6 Å². The Balaban J connectivity index is 1.84. The Hall–Kier alpha value is -3.14. The minimum atomic E-state index is -0.180. The van der Waals surface area contributed by atoms with Crippen molar-refractivity contribution < 1.29 is 9.53 Å². The number of ether oxygens (including phenoxy) is 1. The van der Waals surface area contributed by atoms with Gasteiger partial charge in [-0.05, 0) is 47.5 Å². The topological polar surface area (TPSA) is 51.2 Å². The van der Waals surface area contributed by atoms with Gasteiger partial charge < -0.3 is 10.1 Å². The van der Waals surface area contributed by atoms with Crippen molar-refractivity contribution >= 4 is 11.7 Å². The smallest absolute Gasteiger partial charge is 0.256 e. The van der Waals surface area contributed by atoms with E-state index in [4.69, 9.17) is 4.74 Å². The highest BCUT2D eigenvalue weighted by Crippen LogP contribution is 2.25. The lowest BCUT2D eigenvalue weighted by atomic mass is 10.1. The highest BCUT2D eigenvalue weighted by molar-refractivity contribution is 6.03. The molecule has 1 heterocycles. The molecule has 0 aliphatic carbocycles. The van der Waals surface area contributed by atoms with Crippen LogP contribution in [0.1, 0.15) is 10.4 Å². The summed E-state index contributed by atoms with van der Waals surface area (Å²) in [6.45, 7) is 0. The van der Waals surface area contributed by atoms with Crippen molar-refractivity contribution in [3.8, 4) is 16.9 Å². The number of rotatable bonds is 4. The summed E-state index contributed by atoms with van der Waals surface area (Å²) in [7, 11) is 1.64. The van der Waals surface area contributed by atoms with E-state index in [9.17, 15) is 4.79 Å². The molecule has 23 heavy (non-hydrogen) atoms. The van der Waals surface area contributed by atoms with E-state index in [1.165, 1.54) is 0 Å². The fraction of sp³-hybridized carbons (Fsp3) is 0.0526. The number of methoxy groups -OCH3 is 1. The summed E-state index contributed by atoms with van der Waals surface area (Å²) in [5.74, 6) is 1.12. The van der Waals surface area contributed by atoms with E-state index in [1.807, 2.05) is 54.6 Å². The molecule has 4 nitrogen and oxygen atoms in total. The molecule has 1 aromatic heterocycles. The molecule has 3 rings (SSSR count). The average molecular weight is 304 g/mol. The molecule has 0 spiro atoms. The van der Waals surface area contributed by atoms with E-state index in [0.717, 1.165) is 16.9 Å². The van der Waals surface area contributed by atoms with E-state index >= 15 is 0 Å². The normalized spacial score (nSPS) is 10.1. The summed E-state index contributed by atoms with van der Waals surface area (Å²) in [4.78, 5) is 16.4. The molecule has 0 bridgehead atoms. The highest BCUT2D eigenvalue weighted by atomic mass is 16.5. The quantitative estimate of drug-likeness (QED) is 0.792. The molecular weight excluding hydrogens is 288 g/mol. The van der Waals surface area contributed by atoms with Crippen LogP contribution in [0.5, 0.6) is 5.75 Å². The lowest BCUT2D eigenvalue weighted by Gasteiger charge is -2.08. The van der Waals surface area contributed by atoms with Gasteiger partial charge in [-0.3, -0.25) is 4.79 Å². The van der Waals surface area contributed by atoms with Crippen LogP contribution >= 0.6 is 0 Å². The van der Waals surface area contributed by atoms with Crippen molar-refractivity contribution in [2.45, 2.75) is 0 Å². The largest absolute Gasteiger partial charge is 0.497 e. The summed E-state index contributed by atoms with van der Waals surface area (Å²) in [5.41, 5.74) is 2.56. The number of nitrogens with zero attached hydrogens (tertiary/aromatic N) is 1. The van der Waals surface area contributed by atoms with Crippen molar-refractivity contribution in [3.05, 3.63) is 78.5 Å². The molecule has 3 aromatic rings. The number of nitrogens with one attached hydrogen (secondary N) is 1. The van der Waals surface area contributed by atoms with Crippen LogP contribution in [-0.2, 0) is 0 Å². The monoisotopic (exact) mass is 304 g/mol. The van der Waals surface area contributed by atoms with Gasteiger partial charge in [-0.15, -0.1) is 0 Å². The standard InChI is InChI=1S/C19H16N2O2/c1-23-17-9-5-8-15(12-17)16-10-11-20-18(13-16)21-19(22)14-6-3-2-4-7-14/h2-13H,1H3,(H,20,21,22). The third kappa shape index (κ3) is 3.55. The van der Waals surface area contributed by atoms with Crippen molar-refractivity contribution in [1.82, 2.24) is 4.98 Å². The molecule has 1 amide bonds. The Kier molecular flexibility index (Phi) is 4.34. The van der Waals surface area contributed by atoms with Crippen molar-refractivity contribution in [2.24, 2.45) is 0 Å². The van der Waals surface area contributed by atoms with Gasteiger partial charge in [0, 0.05) is 11.8 Å².